The summed E-state index contributed by atoms with van der Waals surface area (Å²) in [6.07, 6.45) is 5.05. The summed E-state index contributed by atoms with van der Waals surface area (Å²) in [7, 11) is 0. The predicted octanol–water partition coefficient (Wildman–Crippen LogP) is 4.70. The Morgan fingerprint density at radius 2 is 1.76 bits per heavy atom. The average molecular weight is 383 g/mol. The maximum Gasteiger partial charge on any atom is 0.103 e. The van der Waals surface area contributed by atoms with Crippen LogP contribution in [-0.4, -0.2) is 37.5 Å². The van der Waals surface area contributed by atoms with E-state index in [0.29, 0.717) is 6.04 Å². The zero-order chi connectivity index (χ0) is 19.6. The second-order valence-electron chi connectivity index (χ2n) is 7.76. The van der Waals surface area contributed by atoms with Crippen LogP contribution in [0.3, 0.4) is 0 Å². The Hall–Kier alpha value is -3.18. The Balaban J connectivity index is 1.47. The molecule has 0 bridgehead atoms. The maximum absolute atomic E-state index is 4.82. The quantitative estimate of drug-likeness (QED) is 0.544. The molecular weight excluding hydrogens is 358 g/mol. The molecule has 29 heavy (non-hydrogen) atoms. The number of nitrogens with one attached hydrogen (secondary N) is 1. The zero-order valence-electron chi connectivity index (χ0n) is 16.6. The summed E-state index contributed by atoms with van der Waals surface area (Å²) in [6.45, 7) is 5.11. The molecule has 2 aromatic heterocycles. The van der Waals surface area contributed by atoms with Gasteiger partial charge in [0.2, 0.25) is 0 Å². The van der Waals surface area contributed by atoms with Crippen molar-refractivity contribution in [2.45, 2.75) is 25.9 Å². The molecule has 0 saturated carbocycles. The summed E-state index contributed by atoms with van der Waals surface area (Å²) in [5.74, 6) is 0.920. The molecule has 0 aliphatic carbocycles. The Morgan fingerprint density at radius 1 is 1.00 bits per heavy atom. The SMILES string of the molecule is Cc1ncc(-c2c(-c3ccccc3)ncn2[C@H]2CCN(Cc3ccccc3)C2)[nH]1. The molecule has 1 aliphatic heterocycles. The first-order valence-corrected chi connectivity index (χ1v) is 10.2. The topological polar surface area (TPSA) is 49.7 Å². The van der Waals surface area contributed by atoms with Gasteiger partial charge in [0, 0.05) is 31.2 Å². The minimum Gasteiger partial charge on any atom is -0.341 e. The van der Waals surface area contributed by atoms with Crippen LogP contribution >= 0.6 is 0 Å². The third-order valence-electron chi connectivity index (χ3n) is 5.69. The predicted molar refractivity (Wildman–Crippen MR) is 115 cm³/mol. The van der Waals surface area contributed by atoms with Gasteiger partial charge in [-0.1, -0.05) is 60.7 Å². The number of aromatic amines is 1. The number of rotatable bonds is 5. The van der Waals surface area contributed by atoms with E-state index in [9.17, 15) is 0 Å². The molecule has 0 unspecified atom stereocenters. The lowest BCUT2D eigenvalue weighted by Gasteiger charge is -2.18. The molecule has 0 spiro atoms. The molecule has 146 valence electrons. The Kier molecular flexibility index (Phi) is 4.74. The third kappa shape index (κ3) is 3.61. The molecule has 2 aromatic carbocycles. The van der Waals surface area contributed by atoms with E-state index in [-0.39, 0.29) is 0 Å². The highest BCUT2D eigenvalue weighted by Crippen LogP contribution is 2.35. The van der Waals surface area contributed by atoms with Gasteiger partial charge in [0.25, 0.3) is 0 Å². The van der Waals surface area contributed by atoms with E-state index in [1.165, 1.54) is 5.56 Å². The Morgan fingerprint density at radius 3 is 2.48 bits per heavy atom. The maximum atomic E-state index is 4.82. The third-order valence-corrected chi connectivity index (χ3v) is 5.69. The molecule has 0 radical (unpaired) electrons. The molecule has 4 aromatic rings. The number of benzene rings is 2. The second-order valence-corrected chi connectivity index (χ2v) is 7.76. The van der Waals surface area contributed by atoms with Crippen LogP contribution in [0.2, 0.25) is 0 Å². The number of hydrogen-bond acceptors (Lipinski definition) is 3. The second kappa shape index (κ2) is 7.68. The Bertz CT molecular complexity index is 1080. The molecule has 1 aliphatic rings. The van der Waals surface area contributed by atoms with E-state index in [4.69, 9.17) is 4.98 Å². The number of nitrogens with zero attached hydrogens (tertiary/aromatic N) is 4. The molecular formula is C24H25N5. The van der Waals surface area contributed by atoms with Crippen molar-refractivity contribution in [1.82, 2.24) is 24.4 Å². The van der Waals surface area contributed by atoms with Crippen LogP contribution < -0.4 is 0 Å². The van der Waals surface area contributed by atoms with Crippen molar-refractivity contribution in [1.29, 1.82) is 0 Å². The number of aryl methyl sites for hydroxylation is 1. The van der Waals surface area contributed by atoms with Crippen molar-refractivity contribution in [2.75, 3.05) is 13.1 Å². The molecule has 1 N–H and O–H groups in total. The van der Waals surface area contributed by atoms with Gasteiger partial charge < -0.3 is 9.55 Å². The van der Waals surface area contributed by atoms with Gasteiger partial charge in [-0.05, 0) is 18.9 Å². The monoisotopic (exact) mass is 383 g/mol. The van der Waals surface area contributed by atoms with Gasteiger partial charge in [-0.3, -0.25) is 4.90 Å². The molecule has 1 atom stereocenters. The van der Waals surface area contributed by atoms with Gasteiger partial charge in [0.1, 0.15) is 5.82 Å². The van der Waals surface area contributed by atoms with Gasteiger partial charge in [-0.25, -0.2) is 9.97 Å². The highest BCUT2D eigenvalue weighted by Gasteiger charge is 2.28. The van der Waals surface area contributed by atoms with E-state index >= 15 is 0 Å². The highest BCUT2D eigenvalue weighted by molar-refractivity contribution is 5.76. The van der Waals surface area contributed by atoms with E-state index in [1.54, 1.807) is 0 Å². The fourth-order valence-electron chi connectivity index (χ4n) is 4.28. The average Bonchev–Trinajstić information content (AvgIpc) is 3.48. The lowest BCUT2D eigenvalue weighted by atomic mass is 10.1. The number of aromatic nitrogens is 4. The van der Waals surface area contributed by atoms with Crippen molar-refractivity contribution in [3.63, 3.8) is 0 Å². The molecule has 1 fully saturated rings. The lowest BCUT2D eigenvalue weighted by Crippen LogP contribution is -2.21. The summed E-state index contributed by atoms with van der Waals surface area (Å²) in [5.41, 5.74) is 5.67. The molecule has 3 heterocycles. The largest absolute Gasteiger partial charge is 0.341 e. The van der Waals surface area contributed by atoms with Crippen LogP contribution in [0.4, 0.5) is 0 Å². The summed E-state index contributed by atoms with van der Waals surface area (Å²) in [4.78, 5) is 15.2. The molecule has 1 saturated heterocycles. The van der Waals surface area contributed by atoms with Gasteiger partial charge in [0.15, 0.2) is 0 Å². The minimum atomic E-state index is 0.405. The standard InChI is InChI=1S/C24H25N5/c1-18-25-14-22(27-18)24-23(20-10-6-3-7-11-20)26-17-29(24)21-12-13-28(16-21)15-19-8-4-2-5-9-19/h2-11,14,17,21H,12-13,15-16H2,1H3,(H,25,27)/t21-/m0/s1. The van der Waals surface area contributed by atoms with Crippen LogP contribution in [0.5, 0.6) is 0 Å². The van der Waals surface area contributed by atoms with Crippen LogP contribution in [0.25, 0.3) is 22.6 Å². The van der Waals surface area contributed by atoms with E-state index in [0.717, 1.165) is 54.5 Å². The number of hydrogen-bond donors (Lipinski definition) is 1. The van der Waals surface area contributed by atoms with Crippen LogP contribution in [0, 0.1) is 6.92 Å². The fraction of sp³-hybridized carbons (Fsp3) is 0.250. The van der Waals surface area contributed by atoms with Gasteiger partial charge in [-0.2, -0.15) is 0 Å². The first kappa shape index (κ1) is 17.9. The fourth-order valence-corrected chi connectivity index (χ4v) is 4.28. The van der Waals surface area contributed by atoms with E-state index in [2.05, 4.69) is 74.0 Å². The normalized spacial score (nSPS) is 17.1. The number of imidazole rings is 2. The molecule has 0 amide bonds. The highest BCUT2D eigenvalue weighted by atomic mass is 15.2. The number of likely N-dealkylation sites (tertiary alicyclic amines) is 1. The van der Waals surface area contributed by atoms with Crippen LogP contribution in [0.1, 0.15) is 23.9 Å². The van der Waals surface area contributed by atoms with E-state index < -0.39 is 0 Å². The minimum absolute atomic E-state index is 0.405. The van der Waals surface area contributed by atoms with Gasteiger partial charge in [-0.15, -0.1) is 0 Å². The summed E-state index contributed by atoms with van der Waals surface area (Å²) < 4.78 is 2.35. The summed E-state index contributed by atoms with van der Waals surface area (Å²) >= 11 is 0. The van der Waals surface area contributed by atoms with E-state index in [1.807, 2.05) is 25.5 Å². The van der Waals surface area contributed by atoms with Crippen molar-refractivity contribution >= 4 is 0 Å². The van der Waals surface area contributed by atoms with Gasteiger partial charge in [0.05, 0.1) is 29.6 Å². The van der Waals surface area contributed by atoms with Crippen molar-refractivity contribution in [3.05, 3.63) is 84.6 Å². The van der Waals surface area contributed by atoms with Crippen LogP contribution in [0.15, 0.2) is 73.2 Å². The summed E-state index contributed by atoms with van der Waals surface area (Å²) in [6, 6.07) is 21.5. The first-order chi connectivity index (χ1) is 14.3. The number of H-pyrrole nitrogens is 1. The van der Waals surface area contributed by atoms with Gasteiger partial charge >= 0.3 is 0 Å². The zero-order valence-corrected chi connectivity index (χ0v) is 16.6. The Labute approximate surface area is 171 Å². The van der Waals surface area contributed by atoms with Crippen molar-refractivity contribution in [3.8, 4) is 22.6 Å². The first-order valence-electron chi connectivity index (χ1n) is 10.2. The lowest BCUT2D eigenvalue weighted by molar-refractivity contribution is 0.316. The molecule has 5 rings (SSSR count). The van der Waals surface area contributed by atoms with Crippen molar-refractivity contribution < 1.29 is 0 Å². The molecule has 5 nitrogen and oxygen atoms in total. The van der Waals surface area contributed by atoms with Crippen LogP contribution in [-0.2, 0) is 6.54 Å². The summed E-state index contributed by atoms with van der Waals surface area (Å²) in [5, 5.41) is 0. The van der Waals surface area contributed by atoms with Crippen molar-refractivity contribution in [2.24, 2.45) is 0 Å². The smallest absolute Gasteiger partial charge is 0.103 e. The molecule has 5 heteroatoms.